The molecule has 0 saturated heterocycles. The zero-order valence-electron chi connectivity index (χ0n) is 11.1. The summed E-state index contributed by atoms with van der Waals surface area (Å²) < 4.78 is 0. The van der Waals surface area contributed by atoms with E-state index in [9.17, 15) is 14.4 Å². The standard InChI is InChI=1S/C15H10N2O4/c1-9-8-16-7-6-10(9)15(20)21-17-13(18)11-4-2-3-5-12(11)14(17)19/h2-8H,1H3. The minimum Gasteiger partial charge on any atom is -0.324 e. The van der Waals surface area contributed by atoms with Gasteiger partial charge in [0.15, 0.2) is 0 Å². The van der Waals surface area contributed by atoms with Gasteiger partial charge in [-0.1, -0.05) is 17.2 Å². The molecule has 6 heteroatoms. The van der Waals surface area contributed by atoms with Gasteiger partial charge in [0, 0.05) is 12.4 Å². The minimum absolute atomic E-state index is 0.224. The molecular weight excluding hydrogens is 272 g/mol. The molecule has 1 aromatic carbocycles. The first kappa shape index (κ1) is 13.0. The number of nitrogens with zero attached hydrogens (tertiary/aromatic N) is 2. The van der Waals surface area contributed by atoms with Gasteiger partial charge in [-0.15, -0.1) is 0 Å². The van der Waals surface area contributed by atoms with Gasteiger partial charge >= 0.3 is 5.97 Å². The Morgan fingerprint density at radius 3 is 2.29 bits per heavy atom. The SMILES string of the molecule is Cc1cnccc1C(=O)ON1C(=O)c2ccccc2C1=O. The van der Waals surface area contributed by atoms with Crippen LogP contribution in [0.15, 0.2) is 42.7 Å². The van der Waals surface area contributed by atoms with Crippen LogP contribution in [-0.4, -0.2) is 27.8 Å². The van der Waals surface area contributed by atoms with Crippen molar-refractivity contribution in [2.45, 2.75) is 6.92 Å². The van der Waals surface area contributed by atoms with E-state index in [0.29, 0.717) is 10.6 Å². The molecule has 1 aromatic heterocycles. The molecule has 2 heterocycles. The third kappa shape index (κ3) is 2.06. The molecule has 104 valence electrons. The summed E-state index contributed by atoms with van der Waals surface area (Å²) >= 11 is 0. The topological polar surface area (TPSA) is 76.6 Å². The maximum absolute atomic E-state index is 12.1. The molecule has 0 N–H and O–H groups in total. The van der Waals surface area contributed by atoms with Crippen molar-refractivity contribution in [3.8, 4) is 0 Å². The van der Waals surface area contributed by atoms with Crippen LogP contribution < -0.4 is 0 Å². The summed E-state index contributed by atoms with van der Waals surface area (Å²) in [6.45, 7) is 1.69. The Kier molecular flexibility index (Phi) is 2.98. The lowest BCUT2D eigenvalue weighted by molar-refractivity contribution is -0.0585. The van der Waals surface area contributed by atoms with E-state index in [1.165, 1.54) is 30.6 Å². The molecule has 3 rings (SSSR count). The number of aryl methyl sites for hydroxylation is 1. The van der Waals surface area contributed by atoms with E-state index in [4.69, 9.17) is 4.84 Å². The van der Waals surface area contributed by atoms with E-state index in [2.05, 4.69) is 4.98 Å². The number of fused-ring (bicyclic) bond motifs is 1. The Morgan fingerprint density at radius 2 is 1.71 bits per heavy atom. The predicted octanol–water partition coefficient (Wildman–Crippen LogP) is 1.76. The van der Waals surface area contributed by atoms with E-state index in [1.54, 1.807) is 19.1 Å². The molecule has 6 nitrogen and oxygen atoms in total. The lowest BCUT2D eigenvalue weighted by Crippen LogP contribution is -2.32. The van der Waals surface area contributed by atoms with E-state index < -0.39 is 17.8 Å². The normalized spacial score (nSPS) is 13.3. The predicted molar refractivity (Wildman–Crippen MR) is 71.3 cm³/mol. The Hall–Kier alpha value is -3.02. The van der Waals surface area contributed by atoms with E-state index in [0.717, 1.165) is 0 Å². The summed E-state index contributed by atoms with van der Waals surface area (Å²) in [6.07, 6.45) is 2.94. The van der Waals surface area contributed by atoms with E-state index in [-0.39, 0.29) is 16.7 Å². The van der Waals surface area contributed by atoms with Crippen LogP contribution in [0.25, 0.3) is 0 Å². The second kappa shape index (κ2) is 4.82. The zero-order valence-corrected chi connectivity index (χ0v) is 11.1. The lowest BCUT2D eigenvalue weighted by Gasteiger charge is -2.13. The number of hydroxylamine groups is 2. The summed E-state index contributed by atoms with van der Waals surface area (Å²) in [5.41, 5.74) is 1.30. The first-order valence-corrected chi connectivity index (χ1v) is 6.20. The summed E-state index contributed by atoms with van der Waals surface area (Å²) in [5, 5.41) is 0.493. The highest BCUT2D eigenvalue weighted by molar-refractivity contribution is 6.21. The van der Waals surface area contributed by atoms with Crippen molar-refractivity contribution in [2.24, 2.45) is 0 Å². The Labute approximate surface area is 119 Å². The van der Waals surface area contributed by atoms with Crippen LogP contribution in [0.1, 0.15) is 36.6 Å². The van der Waals surface area contributed by atoms with Gasteiger partial charge in [-0.2, -0.15) is 0 Å². The van der Waals surface area contributed by atoms with Crippen LogP contribution >= 0.6 is 0 Å². The number of benzene rings is 1. The van der Waals surface area contributed by atoms with Gasteiger partial charge in [-0.3, -0.25) is 14.6 Å². The first-order valence-electron chi connectivity index (χ1n) is 6.20. The quantitative estimate of drug-likeness (QED) is 0.784. The van der Waals surface area contributed by atoms with Crippen molar-refractivity contribution in [3.05, 3.63) is 65.0 Å². The highest BCUT2D eigenvalue weighted by Crippen LogP contribution is 2.23. The molecule has 0 bridgehead atoms. The molecular formula is C15H10N2O4. The third-order valence-corrected chi connectivity index (χ3v) is 3.17. The maximum atomic E-state index is 12.1. The zero-order chi connectivity index (χ0) is 15.0. The average Bonchev–Trinajstić information content (AvgIpc) is 2.73. The van der Waals surface area contributed by atoms with Crippen LogP contribution in [-0.2, 0) is 4.84 Å². The summed E-state index contributed by atoms with van der Waals surface area (Å²) in [6, 6.07) is 7.78. The first-order chi connectivity index (χ1) is 10.1. The number of imide groups is 1. The number of amides is 2. The number of hydrogen-bond acceptors (Lipinski definition) is 5. The van der Waals surface area contributed by atoms with Crippen molar-refractivity contribution in [2.75, 3.05) is 0 Å². The molecule has 1 aliphatic rings. The van der Waals surface area contributed by atoms with Gasteiger partial charge in [-0.25, -0.2) is 4.79 Å². The monoisotopic (exact) mass is 282 g/mol. The second-order valence-corrected chi connectivity index (χ2v) is 4.52. The fourth-order valence-corrected chi connectivity index (χ4v) is 2.08. The van der Waals surface area contributed by atoms with Crippen LogP contribution in [0, 0.1) is 6.92 Å². The van der Waals surface area contributed by atoms with Crippen molar-refractivity contribution in [1.82, 2.24) is 10.0 Å². The fraction of sp³-hybridized carbons (Fsp3) is 0.0667. The third-order valence-electron chi connectivity index (χ3n) is 3.17. The van der Waals surface area contributed by atoms with Gasteiger partial charge < -0.3 is 4.84 Å². The van der Waals surface area contributed by atoms with Crippen molar-refractivity contribution in [3.63, 3.8) is 0 Å². The summed E-state index contributed by atoms with van der Waals surface area (Å²) in [4.78, 5) is 45.0. The lowest BCUT2D eigenvalue weighted by atomic mass is 10.1. The highest BCUT2D eigenvalue weighted by Gasteiger charge is 2.38. The highest BCUT2D eigenvalue weighted by atomic mass is 16.7. The molecule has 2 aromatic rings. The average molecular weight is 282 g/mol. The van der Waals surface area contributed by atoms with Gasteiger partial charge in [0.25, 0.3) is 11.8 Å². The maximum Gasteiger partial charge on any atom is 0.364 e. The number of carbonyl (C=O) groups excluding carboxylic acids is 3. The summed E-state index contributed by atoms with van der Waals surface area (Å²) in [7, 11) is 0. The molecule has 0 unspecified atom stereocenters. The van der Waals surface area contributed by atoms with Gasteiger partial charge in [0.2, 0.25) is 0 Å². The number of carbonyl (C=O) groups is 3. The summed E-state index contributed by atoms with van der Waals surface area (Å²) in [5.74, 6) is -2.06. The Balaban J connectivity index is 1.88. The van der Waals surface area contributed by atoms with Crippen LogP contribution in [0.3, 0.4) is 0 Å². The van der Waals surface area contributed by atoms with Crippen molar-refractivity contribution < 1.29 is 19.2 Å². The number of hydrogen-bond donors (Lipinski definition) is 0. The molecule has 2 amide bonds. The number of pyridine rings is 1. The second-order valence-electron chi connectivity index (χ2n) is 4.52. The fourth-order valence-electron chi connectivity index (χ4n) is 2.08. The minimum atomic E-state index is -0.774. The van der Waals surface area contributed by atoms with Crippen LogP contribution in [0.5, 0.6) is 0 Å². The van der Waals surface area contributed by atoms with Crippen molar-refractivity contribution in [1.29, 1.82) is 0 Å². The van der Waals surface area contributed by atoms with E-state index >= 15 is 0 Å². The molecule has 0 saturated carbocycles. The van der Waals surface area contributed by atoms with Crippen molar-refractivity contribution >= 4 is 17.8 Å². The molecule has 0 aliphatic carbocycles. The van der Waals surface area contributed by atoms with Crippen LogP contribution in [0.4, 0.5) is 0 Å². The van der Waals surface area contributed by atoms with E-state index in [1.807, 2.05) is 0 Å². The molecule has 0 atom stereocenters. The smallest absolute Gasteiger partial charge is 0.324 e. The molecule has 0 spiro atoms. The number of rotatable bonds is 2. The number of aromatic nitrogens is 1. The molecule has 0 fully saturated rings. The largest absolute Gasteiger partial charge is 0.364 e. The molecule has 21 heavy (non-hydrogen) atoms. The Bertz CT molecular complexity index is 735. The molecule has 1 aliphatic heterocycles. The molecule has 0 radical (unpaired) electrons. The van der Waals surface area contributed by atoms with Crippen LogP contribution in [0.2, 0.25) is 0 Å². The van der Waals surface area contributed by atoms with Gasteiger partial charge in [-0.05, 0) is 30.7 Å². The Morgan fingerprint density at radius 1 is 1.10 bits per heavy atom. The van der Waals surface area contributed by atoms with Gasteiger partial charge in [0.1, 0.15) is 0 Å². The van der Waals surface area contributed by atoms with Gasteiger partial charge in [0.05, 0.1) is 16.7 Å².